The minimum atomic E-state index is -0.0942. The first-order valence-corrected chi connectivity index (χ1v) is 7.63. The number of anilines is 1. The lowest BCUT2D eigenvalue weighted by molar-refractivity contribution is 0.102. The summed E-state index contributed by atoms with van der Waals surface area (Å²) in [5, 5.41) is 11.1. The van der Waals surface area contributed by atoms with Gasteiger partial charge in [-0.25, -0.2) is 0 Å². The normalized spacial score (nSPS) is 11.0. The van der Waals surface area contributed by atoms with Gasteiger partial charge in [-0.3, -0.25) is 9.20 Å². The summed E-state index contributed by atoms with van der Waals surface area (Å²) in [6.07, 6.45) is 0.881. The lowest BCUT2D eigenvalue weighted by Gasteiger charge is -2.09. The molecule has 0 atom stereocenters. The zero-order valence-electron chi connectivity index (χ0n) is 12.2. The Balaban J connectivity index is 1.95. The van der Waals surface area contributed by atoms with Gasteiger partial charge in [-0.2, -0.15) is 0 Å². The molecule has 0 bridgehead atoms. The molecule has 21 heavy (non-hydrogen) atoms. The van der Waals surface area contributed by atoms with Gasteiger partial charge in [0, 0.05) is 11.4 Å². The van der Waals surface area contributed by atoms with E-state index in [1.54, 1.807) is 0 Å². The van der Waals surface area contributed by atoms with Gasteiger partial charge in [0.05, 0.1) is 0 Å². The van der Waals surface area contributed by atoms with Crippen molar-refractivity contribution in [1.82, 2.24) is 14.6 Å². The highest BCUT2D eigenvalue weighted by Crippen LogP contribution is 2.24. The van der Waals surface area contributed by atoms with Crippen molar-refractivity contribution in [2.24, 2.45) is 0 Å². The summed E-state index contributed by atoms with van der Waals surface area (Å²) < 4.78 is 1.91. The van der Waals surface area contributed by atoms with E-state index < -0.39 is 0 Å². The fraction of sp³-hybridized carbons (Fsp3) is 0.267. The third-order valence-corrected chi connectivity index (χ3v) is 4.64. The second kappa shape index (κ2) is 5.29. The number of nitrogens with zero attached hydrogens (tertiary/aromatic N) is 3. The van der Waals surface area contributed by atoms with Gasteiger partial charge in [-0.1, -0.05) is 36.5 Å². The van der Waals surface area contributed by atoms with Crippen molar-refractivity contribution in [1.29, 1.82) is 0 Å². The molecule has 0 unspecified atom stereocenters. The molecular formula is C15H16N4OS. The van der Waals surface area contributed by atoms with E-state index in [1.165, 1.54) is 11.3 Å². The van der Waals surface area contributed by atoms with E-state index in [1.807, 2.05) is 42.5 Å². The predicted molar refractivity (Wildman–Crippen MR) is 84.1 cm³/mol. The van der Waals surface area contributed by atoms with Crippen molar-refractivity contribution < 1.29 is 4.79 Å². The molecule has 0 aliphatic heterocycles. The topological polar surface area (TPSA) is 59.3 Å². The highest BCUT2D eigenvalue weighted by molar-refractivity contribution is 7.19. The number of rotatable bonds is 3. The van der Waals surface area contributed by atoms with Crippen molar-refractivity contribution in [3.05, 3.63) is 46.2 Å². The Kier molecular flexibility index (Phi) is 3.47. The van der Waals surface area contributed by atoms with Crippen LogP contribution >= 0.6 is 11.3 Å². The van der Waals surface area contributed by atoms with E-state index in [0.717, 1.165) is 34.2 Å². The summed E-state index contributed by atoms with van der Waals surface area (Å²) in [5.74, 6) is 0.704. The summed E-state index contributed by atoms with van der Waals surface area (Å²) in [4.78, 5) is 13.9. The van der Waals surface area contributed by atoms with E-state index >= 15 is 0 Å². The number of carbonyl (C=O) groups is 1. The van der Waals surface area contributed by atoms with Crippen molar-refractivity contribution >= 4 is 27.9 Å². The zero-order valence-corrected chi connectivity index (χ0v) is 13.0. The lowest BCUT2D eigenvalue weighted by atomic mass is 10.1. The number of fused-ring (bicyclic) bond motifs is 1. The van der Waals surface area contributed by atoms with Crippen LogP contribution in [-0.4, -0.2) is 20.5 Å². The Labute approximate surface area is 126 Å². The molecule has 0 saturated heterocycles. The van der Waals surface area contributed by atoms with Gasteiger partial charge in [0.15, 0.2) is 0 Å². The number of aromatic nitrogens is 3. The molecule has 6 heteroatoms. The summed E-state index contributed by atoms with van der Waals surface area (Å²) in [6, 6.07) is 7.86. The molecule has 3 rings (SSSR count). The molecule has 0 aliphatic carbocycles. The number of aryl methyl sites for hydroxylation is 3. The van der Waals surface area contributed by atoms with Crippen LogP contribution in [0.5, 0.6) is 0 Å². The van der Waals surface area contributed by atoms with Crippen molar-refractivity contribution in [3.8, 4) is 0 Å². The summed E-state index contributed by atoms with van der Waals surface area (Å²) >= 11 is 1.36. The molecular weight excluding hydrogens is 284 g/mol. The number of hydrogen-bond acceptors (Lipinski definition) is 4. The molecule has 3 aromatic rings. The molecule has 0 fully saturated rings. The van der Waals surface area contributed by atoms with Gasteiger partial charge in [-0.15, -0.1) is 10.2 Å². The minimum absolute atomic E-state index is 0.0942. The van der Waals surface area contributed by atoms with Gasteiger partial charge < -0.3 is 5.32 Å². The highest BCUT2D eigenvalue weighted by Gasteiger charge is 2.19. The fourth-order valence-corrected chi connectivity index (χ4v) is 3.41. The molecule has 0 radical (unpaired) electrons. The zero-order chi connectivity index (χ0) is 15.0. The Bertz CT molecular complexity index is 818. The second-order valence-corrected chi connectivity index (χ2v) is 5.82. The maximum atomic E-state index is 12.5. The van der Waals surface area contributed by atoms with Crippen LogP contribution in [0.2, 0.25) is 0 Å². The monoisotopic (exact) mass is 300 g/mol. The predicted octanol–water partition coefficient (Wildman–Crippen LogP) is 3.22. The lowest BCUT2D eigenvalue weighted by Crippen LogP contribution is -2.13. The second-order valence-electron chi connectivity index (χ2n) is 4.85. The number of thiazole rings is 1. The average molecular weight is 300 g/mol. The standard InChI is InChI=1S/C15H16N4OS/c1-4-11-7-5-6-8-12(11)16-14(20)13-9(2)19-10(3)17-18-15(19)21-13/h5-8H,4H2,1-3H3,(H,16,20). The van der Waals surface area contributed by atoms with Gasteiger partial charge in [0.2, 0.25) is 4.96 Å². The van der Waals surface area contributed by atoms with Gasteiger partial charge in [-0.05, 0) is 31.9 Å². The Hall–Kier alpha value is -2.21. The molecule has 2 aromatic heterocycles. The van der Waals surface area contributed by atoms with E-state index in [9.17, 15) is 4.79 Å². The van der Waals surface area contributed by atoms with Crippen molar-refractivity contribution in [2.45, 2.75) is 27.2 Å². The van der Waals surface area contributed by atoms with Crippen LogP contribution in [0.15, 0.2) is 24.3 Å². The Morgan fingerprint density at radius 3 is 2.76 bits per heavy atom. The van der Waals surface area contributed by atoms with Gasteiger partial charge >= 0.3 is 0 Å². The van der Waals surface area contributed by atoms with E-state index in [-0.39, 0.29) is 5.91 Å². The maximum absolute atomic E-state index is 12.5. The van der Waals surface area contributed by atoms with Gasteiger partial charge in [0.1, 0.15) is 10.7 Å². The van der Waals surface area contributed by atoms with Crippen molar-refractivity contribution in [3.63, 3.8) is 0 Å². The van der Waals surface area contributed by atoms with Crippen LogP contribution in [0.1, 0.15) is 33.7 Å². The maximum Gasteiger partial charge on any atom is 0.267 e. The molecule has 0 aliphatic rings. The number of para-hydroxylation sites is 1. The van der Waals surface area contributed by atoms with Crippen LogP contribution in [0.25, 0.3) is 4.96 Å². The van der Waals surface area contributed by atoms with Crippen LogP contribution in [0, 0.1) is 13.8 Å². The first-order valence-electron chi connectivity index (χ1n) is 6.82. The molecule has 0 spiro atoms. The largest absolute Gasteiger partial charge is 0.321 e. The van der Waals surface area contributed by atoms with Crippen molar-refractivity contribution in [2.75, 3.05) is 5.32 Å². The first kappa shape index (κ1) is 13.8. The van der Waals surface area contributed by atoms with E-state index in [2.05, 4.69) is 22.4 Å². The summed E-state index contributed by atoms with van der Waals surface area (Å²) in [6.45, 7) is 5.87. The molecule has 2 heterocycles. The third kappa shape index (κ3) is 2.31. The SMILES string of the molecule is CCc1ccccc1NC(=O)c1sc2nnc(C)n2c1C. The summed E-state index contributed by atoms with van der Waals surface area (Å²) in [5.41, 5.74) is 2.87. The van der Waals surface area contributed by atoms with Crippen LogP contribution in [-0.2, 0) is 6.42 Å². The smallest absolute Gasteiger partial charge is 0.267 e. The molecule has 5 nitrogen and oxygen atoms in total. The molecule has 1 aromatic carbocycles. The fourth-order valence-electron chi connectivity index (χ4n) is 2.40. The molecule has 0 saturated carbocycles. The number of benzene rings is 1. The number of hydrogen-bond donors (Lipinski definition) is 1. The van der Waals surface area contributed by atoms with Crippen LogP contribution < -0.4 is 5.32 Å². The Morgan fingerprint density at radius 2 is 2.05 bits per heavy atom. The quantitative estimate of drug-likeness (QED) is 0.808. The van der Waals surface area contributed by atoms with E-state index in [4.69, 9.17) is 0 Å². The Morgan fingerprint density at radius 1 is 1.29 bits per heavy atom. The third-order valence-electron chi connectivity index (χ3n) is 3.51. The number of amides is 1. The molecule has 108 valence electrons. The van der Waals surface area contributed by atoms with Crippen LogP contribution in [0.3, 0.4) is 0 Å². The number of nitrogens with one attached hydrogen (secondary N) is 1. The molecule has 1 amide bonds. The van der Waals surface area contributed by atoms with Crippen LogP contribution in [0.4, 0.5) is 5.69 Å². The average Bonchev–Trinajstić information content (AvgIpc) is 3.01. The van der Waals surface area contributed by atoms with Gasteiger partial charge in [0.25, 0.3) is 5.91 Å². The highest BCUT2D eigenvalue weighted by atomic mass is 32.1. The number of carbonyl (C=O) groups excluding carboxylic acids is 1. The molecule has 1 N–H and O–H groups in total. The minimum Gasteiger partial charge on any atom is -0.321 e. The first-order chi connectivity index (χ1) is 10.1. The van der Waals surface area contributed by atoms with E-state index in [0.29, 0.717) is 4.88 Å². The summed E-state index contributed by atoms with van der Waals surface area (Å²) in [7, 11) is 0.